The molecular formula is C23H31FN2O2. The molecule has 0 saturated carbocycles. The van der Waals surface area contributed by atoms with E-state index in [1.807, 2.05) is 6.07 Å². The monoisotopic (exact) mass is 386 g/mol. The number of hydrogen-bond acceptors (Lipinski definition) is 4. The van der Waals surface area contributed by atoms with Gasteiger partial charge in [0, 0.05) is 18.8 Å². The van der Waals surface area contributed by atoms with E-state index in [2.05, 4.69) is 22.3 Å². The second kappa shape index (κ2) is 10.3. The van der Waals surface area contributed by atoms with Crippen molar-refractivity contribution in [2.45, 2.75) is 25.7 Å². The van der Waals surface area contributed by atoms with Crippen molar-refractivity contribution in [1.82, 2.24) is 4.90 Å². The zero-order valence-corrected chi connectivity index (χ0v) is 16.9. The van der Waals surface area contributed by atoms with Gasteiger partial charge in [-0.1, -0.05) is 6.07 Å². The number of nitrogens with one attached hydrogen (secondary N) is 1. The normalized spacial score (nSPS) is 15.4. The van der Waals surface area contributed by atoms with E-state index in [-0.39, 0.29) is 5.82 Å². The first kappa shape index (κ1) is 20.5. The molecule has 0 aromatic heterocycles. The molecule has 0 unspecified atom stereocenters. The predicted molar refractivity (Wildman–Crippen MR) is 112 cm³/mol. The molecule has 1 aliphatic rings. The van der Waals surface area contributed by atoms with Gasteiger partial charge in [0.15, 0.2) is 11.5 Å². The standard InChI is InChI=1S/C23H31FN2O2/c1-27-22-8-3-19(17-23(22)28-2)12-16-26-14-10-18(11-15-26)9-13-25-21-6-4-20(24)5-7-21/h3-8,17-18,25H,9-16H2,1-2H3. The fourth-order valence-electron chi connectivity index (χ4n) is 3.81. The molecule has 1 aliphatic heterocycles. The number of hydrogen-bond donors (Lipinski definition) is 1. The quantitative estimate of drug-likeness (QED) is 0.683. The average Bonchev–Trinajstić information content (AvgIpc) is 2.74. The Balaban J connectivity index is 1.35. The molecule has 0 bridgehead atoms. The van der Waals surface area contributed by atoms with Crippen molar-refractivity contribution < 1.29 is 13.9 Å². The minimum atomic E-state index is -0.189. The van der Waals surface area contributed by atoms with Gasteiger partial charge in [0.2, 0.25) is 0 Å². The fraction of sp³-hybridized carbons (Fsp3) is 0.478. The minimum absolute atomic E-state index is 0.189. The van der Waals surface area contributed by atoms with Crippen molar-refractivity contribution in [3.63, 3.8) is 0 Å². The number of halogens is 1. The average molecular weight is 387 g/mol. The van der Waals surface area contributed by atoms with E-state index in [4.69, 9.17) is 9.47 Å². The smallest absolute Gasteiger partial charge is 0.160 e. The van der Waals surface area contributed by atoms with E-state index < -0.39 is 0 Å². The number of methoxy groups -OCH3 is 2. The van der Waals surface area contributed by atoms with Crippen LogP contribution in [0.2, 0.25) is 0 Å². The third-order valence-electron chi connectivity index (χ3n) is 5.60. The fourth-order valence-corrected chi connectivity index (χ4v) is 3.81. The summed E-state index contributed by atoms with van der Waals surface area (Å²) in [5, 5.41) is 3.39. The third-order valence-corrected chi connectivity index (χ3v) is 5.60. The van der Waals surface area contributed by atoms with Crippen LogP contribution in [-0.2, 0) is 6.42 Å². The summed E-state index contributed by atoms with van der Waals surface area (Å²) in [5.74, 6) is 2.16. The number of piperidine rings is 1. The van der Waals surface area contributed by atoms with Crippen molar-refractivity contribution in [3.05, 3.63) is 53.8 Å². The lowest BCUT2D eigenvalue weighted by molar-refractivity contribution is 0.183. The molecule has 5 heteroatoms. The van der Waals surface area contributed by atoms with E-state index in [9.17, 15) is 4.39 Å². The van der Waals surface area contributed by atoms with Gasteiger partial charge >= 0.3 is 0 Å². The minimum Gasteiger partial charge on any atom is -0.493 e. The summed E-state index contributed by atoms with van der Waals surface area (Å²) in [6.07, 6.45) is 4.69. The molecule has 0 amide bonds. The molecule has 1 fully saturated rings. The lowest BCUT2D eigenvalue weighted by Crippen LogP contribution is -2.35. The second-order valence-electron chi connectivity index (χ2n) is 7.45. The summed E-state index contributed by atoms with van der Waals surface area (Å²) in [7, 11) is 3.34. The van der Waals surface area contributed by atoms with Crippen LogP contribution in [-0.4, -0.2) is 45.3 Å². The van der Waals surface area contributed by atoms with Crippen molar-refractivity contribution >= 4 is 5.69 Å². The highest BCUT2D eigenvalue weighted by Crippen LogP contribution is 2.28. The topological polar surface area (TPSA) is 33.7 Å². The van der Waals surface area contributed by atoms with Crippen molar-refractivity contribution in [3.8, 4) is 11.5 Å². The number of rotatable bonds is 9. The number of benzene rings is 2. The van der Waals surface area contributed by atoms with E-state index >= 15 is 0 Å². The van der Waals surface area contributed by atoms with Gasteiger partial charge in [0.1, 0.15) is 5.82 Å². The van der Waals surface area contributed by atoms with E-state index in [0.29, 0.717) is 0 Å². The molecule has 0 radical (unpaired) electrons. The highest BCUT2D eigenvalue weighted by Gasteiger charge is 2.18. The van der Waals surface area contributed by atoms with Crippen LogP contribution >= 0.6 is 0 Å². The molecular weight excluding hydrogens is 355 g/mol. The van der Waals surface area contributed by atoms with Gasteiger partial charge in [0.25, 0.3) is 0 Å². The highest BCUT2D eigenvalue weighted by molar-refractivity contribution is 5.43. The maximum Gasteiger partial charge on any atom is 0.160 e. The summed E-state index contributed by atoms with van der Waals surface area (Å²) in [6, 6.07) is 12.8. The van der Waals surface area contributed by atoms with Gasteiger partial charge in [-0.05, 0) is 86.7 Å². The molecule has 0 spiro atoms. The van der Waals surface area contributed by atoms with Gasteiger partial charge in [-0.25, -0.2) is 4.39 Å². The van der Waals surface area contributed by atoms with Gasteiger partial charge in [-0.3, -0.25) is 0 Å². The van der Waals surface area contributed by atoms with Crippen LogP contribution in [0.4, 0.5) is 10.1 Å². The first-order chi connectivity index (χ1) is 13.7. The number of anilines is 1. The highest BCUT2D eigenvalue weighted by atomic mass is 19.1. The van der Waals surface area contributed by atoms with Gasteiger partial charge in [-0.2, -0.15) is 0 Å². The Labute approximate surface area is 167 Å². The Hall–Kier alpha value is -2.27. The number of ether oxygens (including phenoxy) is 2. The molecule has 2 aromatic rings. The maximum absolute atomic E-state index is 12.9. The van der Waals surface area contributed by atoms with Crippen LogP contribution in [0.25, 0.3) is 0 Å². The molecule has 4 nitrogen and oxygen atoms in total. The summed E-state index contributed by atoms with van der Waals surface area (Å²) < 4.78 is 23.6. The van der Waals surface area contributed by atoms with Gasteiger partial charge in [-0.15, -0.1) is 0 Å². The molecule has 28 heavy (non-hydrogen) atoms. The zero-order chi connectivity index (χ0) is 19.8. The Morgan fingerprint density at radius 3 is 2.39 bits per heavy atom. The van der Waals surface area contributed by atoms with E-state index in [1.54, 1.807) is 26.4 Å². The lowest BCUT2D eigenvalue weighted by Gasteiger charge is -2.32. The Morgan fingerprint density at radius 2 is 1.71 bits per heavy atom. The summed E-state index contributed by atoms with van der Waals surface area (Å²) in [5.41, 5.74) is 2.28. The van der Waals surface area contributed by atoms with Gasteiger partial charge in [0.05, 0.1) is 14.2 Å². The molecule has 1 saturated heterocycles. The molecule has 152 valence electrons. The van der Waals surface area contributed by atoms with Crippen LogP contribution < -0.4 is 14.8 Å². The van der Waals surface area contributed by atoms with Crippen molar-refractivity contribution in [1.29, 1.82) is 0 Å². The SMILES string of the molecule is COc1ccc(CCN2CCC(CCNc3ccc(F)cc3)CC2)cc1OC. The molecule has 0 atom stereocenters. The maximum atomic E-state index is 12.9. The molecule has 0 aliphatic carbocycles. The molecule has 3 rings (SSSR count). The van der Waals surface area contributed by atoms with Crippen LogP contribution in [0, 0.1) is 11.7 Å². The van der Waals surface area contributed by atoms with Crippen LogP contribution in [0.3, 0.4) is 0 Å². The second-order valence-corrected chi connectivity index (χ2v) is 7.45. The van der Waals surface area contributed by atoms with Crippen molar-refractivity contribution in [2.75, 3.05) is 45.7 Å². The van der Waals surface area contributed by atoms with Crippen LogP contribution in [0.15, 0.2) is 42.5 Å². The molecule has 2 aromatic carbocycles. The summed E-state index contributed by atoms with van der Waals surface area (Å²) >= 11 is 0. The summed E-state index contributed by atoms with van der Waals surface area (Å²) in [6.45, 7) is 4.35. The number of nitrogens with zero attached hydrogens (tertiary/aromatic N) is 1. The molecule has 1 heterocycles. The van der Waals surface area contributed by atoms with Crippen molar-refractivity contribution in [2.24, 2.45) is 5.92 Å². The van der Waals surface area contributed by atoms with E-state index in [1.165, 1.54) is 37.0 Å². The van der Waals surface area contributed by atoms with Crippen LogP contribution in [0.1, 0.15) is 24.8 Å². The molecule has 1 N–H and O–H groups in total. The predicted octanol–water partition coefficient (Wildman–Crippen LogP) is 4.60. The Bertz CT molecular complexity index is 728. The van der Waals surface area contributed by atoms with E-state index in [0.717, 1.165) is 55.7 Å². The van der Waals surface area contributed by atoms with Gasteiger partial charge < -0.3 is 19.7 Å². The zero-order valence-electron chi connectivity index (χ0n) is 16.9. The van der Waals surface area contributed by atoms with Crippen LogP contribution in [0.5, 0.6) is 11.5 Å². The third kappa shape index (κ3) is 5.86. The number of likely N-dealkylation sites (tertiary alicyclic amines) is 1. The Kier molecular flexibility index (Phi) is 7.54. The first-order valence-corrected chi connectivity index (χ1v) is 10.1. The lowest BCUT2D eigenvalue weighted by atomic mass is 9.93. The first-order valence-electron chi connectivity index (χ1n) is 10.1. The summed E-state index contributed by atoms with van der Waals surface area (Å²) in [4.78, 5) is 2.56. The largest absolute Gasteiger partial charge is 0.493 e. The Morgan fingerprint density at radius 1 is 1.00 bits per heavy atom.